The first kappa shape index (κ1) is 23.9. The molecule has 0 bridgehead atoms. The second kappa shape index (κ2) is 8.41. The number of carbonyl (C=O) groups is 2. The van der Waals surface area contributed by atoms with Gasteiger partial charge in [0.1, 0.15) is 23.6 Å². The van der Waals surface area contributed by atoms with E-state index in [2.05, 4.69) is 10.1 Å². The number of nitrogens with zero attached hydrogens (tertiary/aromatic N) is 3. The summed E-state index contributed by atoms with van der Waals surface area (Å²) in [4.78, 5) is 28.7. The molecular formula is C25H16ClF4N3O3. The van der Waals surface area contributed by atoms with Crippen molar-refractivity contribution in [3.05, 3.63) is 82.3 Å². The van der Waals surface area contributed by atoms with Crippen LogP contribution in [0.15, 0.2) is 54.7 Å². The molecule has 0 saturated heterocycles. The molecule has 184 valence electrons. The van der Waals surface area contributed by atoms with Crippen LogP contribution in [0.3, 0.4) is 0 Å². The van der Waals surface area contributed by atoms with Gasteiger partial charge in [-0.15, -0.1) is 0 Å². The van der Waals surface area contributed by atoms with E-state index < -0.39 is 35.7 Å². The first-order valence-corrected chi connectivity index (χ1v) is 11.1. The zero-order valence-electron chi connectivity index (χ0n) is 18.3. The van der Waals surface area contributed by atoms with E-state index in [4.69, 9.17) is 16.7 Å². The molecule has 2 aromatic carbocycles. The van der Waals surface area contributed by atoms with E-state index in [1.54, 1.807) is 12.1 Å². The third-order valence-electron chi connectivity index (χ3n) is 6.37. The fraction of sp³-hybridized carbons (Fsp3) is 0.200. The van der Waals surface area contributed by atoms with E-state index in [-0.39, 0.29) is 51.3 Å². The maximum atomic E-state index is 14.8. The Balaban J connectivity index is 1.58. The van der Waals surface area contributed by atoms with Crippen molar-refractivity contribution < 1.29 is 32.3 Å². The average molecular weight is 518 g/mol. The quantitative estimate of drug-likeness (QED) is 0.248. The van der Waals surface area contributed by atoms with Crippen LogP contribution in [0, 0.1) is 5.82 Å². The van der Waals surface area contributed by atoms with Gasteiger partial charge in [-0.25, -0.2) is 9.18 Å². The summed E-state index contributed by atoms with van der Waals surface area (Å²) in [6, 6.07) is 10.5. The normalized spacial score (nSPS) is 14.7. The molecule has 11 heteroatoms. The highest BCUT2D eigenvalue weighted by Gasteiger charge is 2.65. The lowest BCUT2D eigenvalue weighted by Gasteiger charge is -2.23. The van der Waals surface area contributed by atoms with Crippen molar-refractivity contribution in [3.63, 3.8) is 0 Å². The maximum Gasteiger partial charge on any atom is 0.398 e. The van der Waals surface area contributed by atoms with Crippen molar-refractivity contribution in [1.82, 2.24) is 14.8 Å². The van der Waals surface area contributed by atoms with Crippen molar-refractivity contribution >= 4 is 34.4 Å². The molecule has 1 aliphatic carbocycles. The van der Waals surface area contributed by atoms with Crippen LogP contribution in [0.5, 0.6) is 0 Å². The number of fused-ring (bicyclic) bond motifs is 1. The summed E-state index contributed by atoms with van der Waals surface area (Å²) in [6.07, 6.45) is -3.37. The van der Waals surface area contributed by atoms with E-state index in [9.17, 15) is 27.2 Å². The fourth-order valence-electron chi connectivity index (χ4n) is 4.40. The van der Waals surface area contributed by atoms with Gasteiger partial charge in [0.25, 0.3) is 0 Å². The number of carboxylic acids is 1. The molecule has 0 unspecified atom stereocenters. The van der Waals surface area contributed by atoms with Gasteiger partial charge in [-0.2, -0.15) is 18.3 Å². The van der Waals surface area contributed by atoms with Crippen molar-refractivity contribution in [2.75, 3.05) is 0 Å². The number of pyridine rings is 1. The van der Waals surface area contributed by atoms with Gasteiger partial charge in [0.2, 0.25) is 0 Å². The van der Waals surface area contributed by atoms with Crippen LogP contribution in [-0.2, 0) is 12.0 Å². The van der Waals surface area contributed by atoms with E-state index >= 15 is 0 Å². The third kappa shape index (κ3) is 3.81. The molecule has 6 nitrogen and oxygen atoms in total. The maximum absolute atomic E-state index is 14.8. The number of alkyl halides is 3. The summed E-state index contributed by atoms with van der Waals surface area (Å²) in [5.41, 5.74) is -2.17. The lowest BCUT2D eigenvalue weighted by Crippen LogP contribution is -2.31. The summed E-state index contributed by atoms with van der Waals surface area (Å²) >= 11 is 6.23. The van der Waals surface area contributed by atoms with Crippen LogP contribution >= 0.6 is 11.6 Å². The Kier molecular flexibility index (Phi) is 5.59. The Hall–Kier alpha value is -3.79. The Labute approximate surface area is 206 Å². The summed E-state index contributed by atoms with van der Waals surface area (Å²) in [5.74, 6) is -2.84. The molecule has 4 aromatic rings. The number of aromatic nitrogens is 3. The minimum atomic E-state index is -4.54. The lowest BCUT2D eigenvalue weighted by molar-refractivity contribution is -0.160. The summed E-state index contributed by atoms with van der Waals surface area (Å²) in [7, 11) is 0. The zero-order valence-corrected chi connectivity index (χ0v) is 19.1. The molecular weight excluding hydrogens is 502 g/mol. The molecule has 0 radical (unpaired) electrons. The van der Waals surface area contributed by atoms with Gasteiger partial charge in [-0.3, -0.25) is 14.5 Å². The highest BCUT2D eigenvalue weighted by molar-refractivity contribution is 6.34. The van der Waals surface area contributed by atoms with Gasteiger partial charge in [0.15, 0.2) is 5.78 Å². The van der Waals surface area contributed by atoms with Crippen LogP contribution < -0.4 is 0 Å². The van der Waals surface area contributed by atoms with E-state index in [1.807, 2.05) is 0 Å². The summed E-state index contributed by atoms with van der Waals surface area (Å²) in [6.45, 7) is -0.471. The predicted molar refractivity (Wildman–Crippen MR) is 123 cm³/mol. The fourth-order valence-corrected chi connectivity index (χ4v) is 4.68. The minimum absolute atomic E-state index is 0.0395. The molecule has 1 aliphatic rings. The number of hydrogen-bond donors (Lipinski definition) is 1. The largest absolute Gasteiger partial charge is 0.478 e. The summed E-state index contributed by atoms with van der Waals surface area (Å²) in [5, 5.41) is 13.3. The number of Topliss-reactive ketones (excluding diaryl/α,β-unsaturated/α-hetero) is 1. The van der Waals surface area contributed by atoms with Gasteiger partial charge in [-0.1, -0.05) is 23.7 Å². The van der Waals surface area contributed by atoms with E-state index in [0.29, 0.717) is 5.52 Å². The average Bonchev–Trinajstić information content (AvgIpc) is 3.57. The highest BCUT2D eigenvalue weighted by atomic mass is 35.5. The number of hydrogen-bond acceptors (Lipinski definition) is 4. The number of rotatable bonds is 6. The Morgan fingerprint density at radius 2 is 1.86 bits per heavy atom. The number of carboxylic acid groups (broad SMARTS) is 1. The van der Waals surface area contributed by atoms with Crippen LogP contribution in [0.25, 0.3) is 22.3 Å². The second-order valence-electron chi connectivity index (χ2n) is 8.54. The first-order valence-electron chi connectivity index (χ1n) is 10.8. The second-order valence-corrected chi connectivity index (χ2v) is 8.95. The Morgan fingerprint density at radius 1 is 1.11 bits per heavy atom. The Morgan fingerprint density at radius 3 is 2.50 bits per heavy atom. The van der Waals surface area contributed by atoms with Gasteiger partial charge in [0.05, 0.1) is 21.5 Å². The molecule has 5 rings (SSSR count). The standard InChI is InChI=1S/C25H16ClF4N3O3/c26-16-4-1-3-15(24(8-9-24)25(28,29)30)20(16)19(34)12-33-18-5-2-10-31-22(18)21(32-33)14-7-6-13(23(35)36)11-17(14)27/h1-7,10-11H,8-9,12H2,(H,35,36). The van der Waals surface area contributed by atoms with Crippen LogP contribution in [-0.4, -0.2) is 37.8 Å². The predicted octanol–water partition coefficient (Wildman–Crippen LogP) is 6.07. The molecule has 0 aliphatic heterocycles. The highest BCUT2D eigenvalue weighted by Crippen LogP contribution is 2.60. The molecule has 36 heavy (non-hydrogen) atoms. The smallest absolute Gasteiger partial charge is 0.398 e. The van der Waals surface area contributed by atoms with Crippen molar-refractivity contribution in [3.8, 4) is 11.3 Å². The van der Waals surface area contributed by atoms with E-state index in [1.165, 1.54) is 41.2 Å². The molecule has 1 saturated carbocycles. The molecule has 0 atom stereocenters. The zero-order chi connectivity index (χ0) is 25.8. The first-order chi connectivity index (χ1) is 17.0. The van der Waals surface area contributed by atoms with Crippen LogP contribution in [0.2, 0.25) is 5.02 Å². The topological polar surface area (TPSA) is 85.1 Å². The number of ketones is 1. The molecule has 2 heterocycles. The lowest BCUT2D eigenvalue weighted by atomic mass is 9.89. The van der Waals surface area contributed by atoms with Crippen molar-refractivity contribution in [2.24, 2.45) is 0 Å². The van der Waals surface area contributed by atoms with Crippen LogP contribution in [0.4, 0.5) is 17.6 Å². The number of carbonyl (C=O) groups excluding carboxylic acids is 1. The van der Waals surface area contributed by atoms with Crippen LogP contribution in [0.1, 0.15) is 39.1 Å². The van der Waals surface area contributed by atoms with Crippen molar-refractivity contribution in [1.29, 1.82) is 0 Å². The number of halogens is 5. The van der Waals surface area contributed by atoms with Gasteiger partial charge in [-0.05, 0) is 54.8 Å². The molecule has 1 N–H and O–H groups in total. The van der Waals surface area contributed by atoms with Crippen molar-refractivity contribution in [2.45, 2.75) is 31.0 Å². The molecule has 0 amide bonds. The molecule has 1 fully saturated rings. The molecule has 0 spiro atoms. The summed E-state index contributed by atoms with van der Waals surface area (Å²) < 4.78 is 57.6. The monoisotopic (exact) mass is 517 g/mol. The third-order valence-corrected chi connectivity index (χ3v) is 6.69. The molecule has 2 aromatic heterocycles. The minimum Gasteiger partial charge on any atom is -0.478 e. The van der Waals surface area contributed by atoms with Gasteiger partial charge in [0, 0.05) is 17.3 Å². The number of aromatic carboxylic acids is 1. The Bertz CT molecular complexity index is 1540. The van der Waals surface area contributed by atoms with Gasteiger partial charge >= 0.3 is 12.1 Å². The van der Waals surface area contributed by atoms with Gasteiger partial charge < -0.3 is 5.11 Å². The number of benzene rings is 2. The SMILES string of the molecule is O=C(O)c1ccc(-c2nn(CC(=O)c3c(Cl)cccc3C3(C(F)(F)F)CC3)c3cccnc23)c(F)c1. The van der Waals surface area contributed by atoms with E-state index in [0.717, 1.165) is 6.07 Å².